The van der Waals surface area contributed by atoms with E-state index < -0.39 is 5.60 Å². The van der Waals surface area contributed by atoms with Gasteiger partial charge in [-0.15, -0.1) is 10.2 Å². The number of aryl methyl sites for hydroxylation is 1. The average molecular weight is 305 g/mol. The average Bonchev–Trinajstić information content (AvgIpc) is 3.35. The predicted molar refractivity (Wildman–Crippen MR) is 77.9 cm³/mol. The van der Waals surface area contributed by atoms with Crippen LogP contribution in [0.5, 0.6) is 0 Å². The van der Waals surface area contributed by atoms with Gasteiger partial charge in [-0.1, -0.05) is 11.6 Å². The van der Waals surface area contributed by atoms with Crippen molar-refractivity contribution in [3.05, 3.63) is 40.7 Å². The Morgan fingerprint density at radius 3 is 2.62 bits per heavy atom. The summed E-state index contributed by atoms with van der Waals surface area (Å²) in [5, 5.41) is 19.9. The molecule has 0 spiro atoms. The summed E-state index contributed by atoms with van der Waals surface area (Å²) in [6, 6.07) is 3.76. The van der Waals surface area contributed by atoms with Crippen LogP contribution in [-0.2, 0) is 12.6 Å². The number of hydrogen-bond donors (Lipinski definition) is 1. The molecule has 2 aliphatic carbocycles. The Labute approximate surface area is 128 Å². The molecule has 2 fully saturated rings. The van der Waals surface area contributed by atoms with E-state index >= 15 is 0 Å². The Hall–Kier alpha value is -1.46. The van der Waals surface area contributed by atoms with Gasteiger partial charge in [-0.25, -0.2) is 4.98 Å². The molecule has 4 rings (SSSR count). The van der Waals surface area contributed by atoms with Gasteiger partial charge in [-0.3, -0.25) is 0 Å². The highest BCUT2D eigenvalue weighted by molar-refractivity contribution is 6.29. The number of aromatic nitrogens is 4. The standard InChI is InChI=1S/C15H17ClN4O/c1-20-8-17-19-14(20)15(21,10-4-5-10)11-6-12(9-2-3-9)18-13(16)7-11/h6-10,21H,2-5H2,1H3. The van der Waals surface area contributed by atoms with E-state index in [1.165, 1.54) is 0 Å². The summed E-state index contributed by atoms with van der Waals surface area (Å²) < 4.78 is 1.78. The molecule has 0 aromatic carbocycles. The largest absolute Gasteiger partial charge is 0.377 e. The number of nitrogens with zero attached hydrogens (tertiary/aromatic N) is 4. The number of rotatable bonds is 4. The summed E-state index contributed by atoms with van der Waals surface area (Å²) in [6.07, 6.45) is 5.90. The van der Waals surface area contributed by atoms with Crippen molar-refractivity contribution in [3.8, 4) is 0 Å². The summed E-state index contributed by atoms with van der Waals surface area (Å²) in [5.74, 6) is 1.24. The SMILES string of the molecule is Cn1cnnc1C(O)(c1cc(Cl)nc(C2CC2)c1)C1CC1. The molecule has 0 radical (unpaired) electrons. The Morgan fingerprint density at radius 1 is 1.29 bits per heavy atom. The van der Waals surface area contributed by atoms with E-state index in [-0.39, 0.29) is 5.92 Å². The minimum atomic E-state index is -1.12. The Morgan fingerprint density at radius 2 is 2.05 bits per heavy atom. The molecule has 1 N–H and O–H groups in total. The van der Waals surface area contributed by atoms with Crippen LogP contribution in [0.2, 0.25) is 5.15 Å². The van der Waals surface area contributed by atoms with Crippen molar-refractivity contribution >= 4 is 11.6 Å². The van der Waals surface area contributed by atoms with E-state index in [1.54, 1.807) is 17.0 Å². The first-order valence-electron chi connectivity index (χ1n) is 7.34. The first-order valence-corrected chi connectivity index (χ1v) is 7.71. The van der Waals surface area contributed by atoms with Crippen LogP contribution in [0.25, 0.3) is 0 Å². The van der Waals surface area contributed by atoms with Crippen LogP contribution in [0.4, 0.5) is 0 Å². The Balaban J connectivity index is 1.86. The predicted octanol–water partition coefficient (Wildman–Crippen LogP) is 2.39. The van der Waals surface area contributed by atoms with Crippen LogP contribution >= 0.6 is 11.6 Å². The maximum atomic E-state index is 11.4. The topological polar surface area (TPSA) is 63.8 Å². The fraction of sp³-hybridized carbons (Fsp3) is 0.533. The lowest BCUT2D eigenvalue weighted by molar-refractivity contribution is 0.0438. The molecule has 2 aromatic heterocycles. The second kappa shape index (κ2) is 4.52. The second-order valence-electron chi connectivity index (χ2n) is 6.18. The van der Waals surface area contributed by atoms with Crippen LogP contribution in [0.15, 0.2) is 18.5 Å². The molecule has 1 unspecified atom stereocenters. The van der Waals surface area contributed by atoms with Gasteiger partial charge < -0.3 is 9.67 Å². The van der Waals surface area contributed by atoms with E-state index in [4.69, 9.17) is 11.6 Å². The van der Waals surface area contributed by atoms with Crippen LogP contribution in [-0.4, -0.2) is 24.9 Å². The zero-order valence-corrected chi connectivity index (χ0v) is 12.6. The van der Waals surface area contributed by atoms with Gasteiger partial charge in [0.1, 0.15) is 11.5 Å². The van der Waals surface area contributed by atoms with Crippen molar-refractivity contribution in [2.24, 2.45) is 13.0 Å². The van der Waals surface area contributed by atoms with Gasteiger partial charge in [0.05, 0.1) is 0 Å². The molecule has 110 valence electrons. The summed E-state index contributed by atoms with van der Waals surface area (Å²) >= 11 is 6.19. The minimum Gasteiger partial charge on any atom is -0.377 e. The van der Waals surface area contributed by atoms with Crippen molar-refractivity contribution < 1.29 is 5.11 Å². The highest BCUT2D eigenvalue weighted by Crippen LogP contribution is 2.50. The molecule has 21 heavy (non-hydrogen) atoms. The molecular formula is C15H17ClN4O. The van der Waals surface area contributed by atoms with Crippen molar-refractivity contribution in [1.29, 1.82) is 0 Å². The van der Waals surface area contributed by atoms with Crippen LogP contribution in [0, 0.1) is 5.92 Å². The van der Waals surface area contributed by atoms with Crippen molar-refractivity contribution in [3.63, 3.8) is 0 Å². The van der Waals surface area contributed by atoms with Gasteiger partial charge in [0.25, 0.3) is 0 Å². The summed E-state index contributed by atoms with van der Waals surface area (Å²) in [5.41, 5.74) is 0.656. The molecular weight excluding hydrogens is 288 g/mol. The third kappa shape index (κ3) is 2.15. The molecule has 2 aliphatic rings. The Bertz CT molecular complexity index is 693. The smallest absolute Gasteiger partial charge is 0.169 e. The van der Waals surface area contributed by atoms with Crippen LogP contribution in [0.3, 0.4) is 0 Å². The lowest BCUT2D eigenvalue weighted by atomic mass is 9.87. The molecule has 1 atom stereocenters. The van der Waals surface area contributed by atoms with Gasteiger partial charge in [-0.05, 0) is 49.3 Å². The van der Waals surface area contributed by atoms with Crippen molar-refractivity contribution in [2.75, 3.05) is 0 Å². The number of pyridine rings is 1. The highest BCUT2D eigenvalue weighted by atomic mass is 35.5. The third-order valence-corrected chi connectivity index (χ3v) is 4.66. The molecule has 2 saturated carbocycles. The Kier molecular flexibility index (Phi) is 2.84. The molecule has 0 bridgehead atoms. The summed E-state index contributed by atoms with van der Waals surface area (Å²) in [4.78, 5) is 4.40. The van der Waals surface area contributed by atoms with E-state index in [0.717, 1.165) is 36.9 Å². The monoisotopic (exact) mass is 304 g/mol. The zero-order valence-electron chi connectivity index (χ0n) is 11.8. The minimum absolute atomic E-state index is 0.172. The maximum absolute atomic E-state index is 11.4. The van der Waals surface area contributed by atoms with Gasteiger partial charge in [0.15, 0.2) is 11.4 Å². The lowest BCUT2D eigenvalue weighted by Gasteiger charge is -2.28. The fourth-order valence-electron chi connectivity index (χ4n) is 3.00. The van der Waals surface area contributed by atoms with Crippen molar-refractivity contribution in [2.45, 2.75) is 37.2 Å². The van der Waals surface area contributed by atoms with Gasteiger partial charge in [-0.2, -0.15) is 0 Å². The molecule has 0 saturated heterocycles. The van der Waals surface area contributed by atoms with E-state index in [2.05, 4.69) is 15.2 Å². The molecule has 2 aromatic rings. The first-order chi connectivity index (χ1) is 10.1. The number of halogens is 1. The highest BCUT2D eigenvalue weighted by Gasteiger charge is 2.50. The van der Waals surface area contributed by atoms with Gasteiger partial charge in [0.2, 0.25) is 0 Å². The van der Waals surface area contributed by atoms with Crippen LogP contribution < -0.4 is 0 Å². The summed E-state index contributed by atoms with van der Waals surface area (Å²) in [7, 11) is 1.85. The fourth-order valence-corrected chi connectivity index (χ4v) is 3.22. The molecule has 0 aliphatic heterocycles. The summed E-state index contributed by atoms with van der Waals surface area (Å²) in [6.45, 7) is 0. The maximum Gasteiger partial charge on any atom is 0.169 e. The van der Waals surface area contributed by atoms with Crippen LogP contribution in [0.1, 0.15) is 48.7 Å². The van der Waals surface area contributed by atoms with Crippen molar-refractivity contribution in [1.82, 2.24) is 19.7 Å². The molecule has 0 amide bonds. The molecule has 6 heteroatoms. The zero-order chi connectivity index (χ0) is 14.6. The van der Waals surface area contributed by atoms with E-state index in [9.17, 15) is 5.11 Å². The van der Waals surface area contributed by atoms with Gasteiger partial charge in [0, 0.05) is 18.7 Å². The molecule has 5 nitrogen and oxygen atoms in total. The third-order valence-electron chi connectivity index (χ3n) is 4.47. The number of aliphatic hydroxyl groups is 1. The lowest BCUT2D eigenvalue weighted by Crippen LogP contribution is -2.33. The van der Waals surface area contributed by atoms with E-state index in [1.807, 2.05) is 13.1 Å². The number of hydrogen-bond acceptors (Lipinski definition) is 4. The second-order valence-corrected chi connectivity index (χ2v) is 6.57. The van der Waals surface area contributed by atoms with Gasteiger partial charge >= 0.3 is 0 Å². The first kappa shape index (κ1) is 13.2. The molecule has 2 heterocycles. The van der Waals surface area contributed by atoms with E-state index in [0.29, 0.717) is 16.9 Å². The normalized spacial score (nSPS) is 21.3. The quantitative estimate of drug-likeness (QED) is 0.881.